The van der Waals surface area contributed by atoms with E-state index in [1.807, 2.05) is 36.4 Å². The van der Waals surface area contributed by atoms with E-state index in [1.165, 1.54) is 0 Å². The number of nitrogens with one attached hydrogen (secondary N) is 1. The van der Waals surface area contributed by atoms with Gasteiger partial charge in [0.1, 0.15) is 19.0 Å². The van der Waals surface area contributed by atoms with Crippen LogP contribution >= 0.6 is 11.6 Å². The molecule has 0 aliphatic heterocycles. The summed E-state index contributed by atoms with van der Waals surface area (Å²) in [7, 11) is 0. The number of benzene rings is 3. The number of rotatable bonds is 9. The van der Waals surface area contributed by atoms with Crippen molar-refractivity contribution in [2.45, 2.75) is 12.5 Å². The average Bonchev–Trinajstić information content (AvgIpc) is 2.78. The predicted octanol–water partition coefficient (Wildman–Crippen LogP) is 4.82. The molecular weight excluding hydrogens is 402 g/mol. The Kier molecular flexibility index (Phi) is 7.86. The van der Waals surface area contributed by atoms with Crippen LogP contribution in [0.1, 0.15) is 28.4 Å². The van der Waals surface area contributed by atoms with Crippen LogP contribution in [-0.2, 0) is 9.53 Å². The topological polar surface area (TPSA) is 64.6 Å². The van der Waals surface area contributed by atoms with Gasteiger partial charge in [-0.25, -0.2) is 0 Å². The maximum atomic E-state index is 12.6. The van der Waals surface area contributed by atoms with E-state index >= 15 is 0 Å². The normalized spacial score (nSPS) is 11.4. The molecule has 0 aliphatic rings. The Morgan fingerprint density at radius 2 is 1.47 bits per heavy atom. The third kappa shape index (κ3) is 6.64. The lowest BCUT2D eigenvalue weighted by Gasteiger charge is -2.19. The monoisotopic (exact) mass is 423 g/mol. The Morgan fingerprint density at radius 3 is 2.13 bits per heavy atom. The van der Waals surface area contributed by atoms with Gasteiger partial charge in [0.05, 0.1) is 12.5 Å². The third-order valence-corrected chi connectivity index (χ3v) is 4.59. The highest BCUT2D eigenvalue weighted by Gasteiger charge is 2.20. The Morgan fingerprint density at radius 1 is 0.833 bits per heavy atom. The fourth-order valence-corrected chi connectivity index (χ4v) is 2.97. The molecule has 0 fully saturated rings. The molecule has 1 N–H and O–H groups in total. The van der Waals surface area contributed by atoms with Gasteiger partial charge in [-0.2, -0.15) is 0 Å². The molecule has 6 heteroatoms. The van der Waals surface area contributed by atoms with E-state index in [-0.39, 0.29) is 25.5 Å². The van der Waals surface area contributed by atoms with Crippen LogP contribution in [0.15, 0.2) is 84.9 Å². The maximum absolute atomic E-state index is 12.6. The molecule has 3 aromatic carbocycles. The van der Waals surface area contributed by atoms with Gasteiger partial charge in [-0.15, -0.1) is 0 Å². The van der Waals surface area contributed by atoms with Crippen LogP contribution in [0.2, 0.25) is 5.02 Å². The summed E-state index contributed by atoms with van der Waals surface area (Å²) in [5.41, 5.74) is 1.36. The van der Waals surface area contributed by atoms with Crippen molar-refractivity contribution in [2.24, 2.45) is 0 Å². The number of amides is 1. The Bertz CT molecular complexity index is 946. The highest BCUT2D eigenvalue weighted by atomic mass is 35.5. The minimum atomic E-state index is -0.497. The van der Waals surface area contributed by atoms with Gasteiger partial charge < -0.3 is 14.8 Å². The molecule has 30 heavy (non-hydrogen) atoms. The summed E-state index contributed by atoms with van der Waals surface area (Å²) in [6.45, 7) is 0.329. The molecule has 0 spiro atoms. The minimum Gasteiger partial charge on any atom is -0.490 e. The zero-order valence-electron chi connectivity index (χ0n) is 16.3. The summed E-state index contributed by atoms with van der Waals surface area (Å²) in [6, 6.07) is 24.7. The number of esters is 1. The van der Waals surface area contributed by atoms with Gasteiger partial charge >= 0.3 is 5.97 Å². The quantitative estimate of drug-likeness (QED) is 0.395. The first-order valence-corrected chi connectivity index (χ1v) is 9.94. The van der Waals surface area contributed by atoms with Crippen molar-refractivity contribution in [3.05, 3.63) is 101 Å². The van der Waals surface area contributed by atoms with E-state index in [0.29, 0.717) is 16.3 Å². The second-order valence-corrected chi connectivity index (χ2v) is 6.97. The van der Waals surface area contributed by atoms with E-state index in [9.17, 15) is 9.59 Å². The van der Waals surface area contributed by atoms with Crippen LogP contribution in [0.25, 0.3) is 0 Å². The smallest absolute Gasteiger partial charge is 0.308 e. The Balaban J connectivity index is 1.54. The molecule has 3 rings (SSSR count). The Labute approximate surface area is 180 Å². The molecule has 3 aromatic rings. The van der Waals surface area contributed by atoms with Crippen molar-refractivity contribution >= 4 is 23.5 Å². The van der Waals surface area contributed by atoms with E-state index in [4.69, 9.17) is 21.1 Å². The van der Waals surface area contributed by atoms with Gasteiger partial charge in [0.25, 0.3) is 5.91 Å². The standard InChI is InChI=1S/C24H22ClNO4/c25-20-11-13-21(14-12-20)29-15-16-30-23(27)17-22(18-7-3-1-4-8-18)26-24(28)19-9-5-2-6-10-19/h1-14,22H,15-17H2,(H,26,28). The molecule has 5 nitrogen and oxygen atoms in total. The van der Waals surface area contributed by atoms with E-state index in [1.54, 1.807) is 48.5 Å². The molecule has 1 atom stereocenters. The number of halogens is 1. The lowest BCUT2D eigenvalue weighted by atomic mass is 10.0. The van der Waals surface area contributed by atoms with Crippen molar-refractivity contribution in [1.82, 2.24) is 5.32 Å². The first-order chi connectivity index (χ1) is 14.6. The molecular formula is C24H22ClNO4. The second kappa shape index (κ2) is 11.0. The van der Waals surface area contributed by atoms with E-state index in [0.717, 1.165) is 5.56 Å². The first-order valence-electron chi connectivity index (χ1n) is 9.56. The summed E-state index contributed by atoms with van der Waals surface area (Å²) in [5, 5.41) is 3.54. The van der Waals surface area contributed by atoms with Crippen LogP contribution in [0.4, 0.5) is 0 Å². The molecule has 1 amide bonds. The van der Waals surface area contributed by atoms with E-state index in [2.05, 4.69) is 5.32 Å². The third-order valence-electron chi connectivity index (χ3n) is 4.34. The van der Waals surface area contributed by atoms with Crippen molar-refractivity contribution in [2.75, 3.05) is 13.2 Å². The fourth-order valence-electron chi connectivity index (χ4n) is 2.84. The SMILES string of the molecule is O=C(CC(NC(=O)c1ccccc1)c1ccccc1)OCCOc1ccc(Cl)cc1. The molecule has 0 radical (unpaired) electrons. The fraction of sp³-hybridized carbons (Fsp3) is 0.167. The number of hydrogen-bond acceptors (Lipinski definition) is 4. The van der Waals surface area contributed by atoms with Crippen LogP contribution in [0.3, 0.4) is 0 Å². The van der Waals surface area contributed by atoms with Crippen LogP contribution in [0.5, 0.6) is 5.75 Å². The van der Waals surface area contributed by atoms with Crippen molar-refractivity contribution in [3.63, 3.8) is 0 Å². The average molecular weight is 424 g/mol. The minimum absolute atomic E-state index is 0.0174. The molecule has 0 heterocycles. The molecule has 0 aliphatic carbocycles. The lowest BCUT2D eigenvalue weighted by Crippen LogP contribution is -2.30. The summed E-state index contributed by atoms with van der Waals surface area (Å²) >= 11 is 5.83. The van der Waals surface area contributed by atoms with Crippen LogP contribution < -0.4 is 10.1 Å². The van der Waals surface area contributed by atoms with Gasteiger partial charge in [-0.05, 0) is 42.0 Å². The van der Waals surface area contributed by atoms with Crippen LogP contribution in [0, 0.1) is 0 Å². The number of hydrogen-bond donors (Lipinski definition) is 1. The largest absolute Gasteiger partial charge is 0.490 e. The van der Waals surface area contributed by atoms with Crippen molar-refractivity contribution in [1.29, 1.82) is 0 Å². The van der Waals surface area contributed by atoms with Crippen molar-refractivity contribution in [3.8, 4) is 5.75 Å². The molecule has 1 unspecified atom stereocenters. The summed E-state index contributed by atoms with van der Waals surface area (Å²) in [6.07, 6.45) is 0.0174. The zero-order valence-corrected chi connectivity index (χ0v) is 17.0. The van der Waals surface area contributed by atoms with Crippen LogP contribution in [-0.4, -0.2) is 25.1 Å². The van der Waals surface area contributed by atoms with Gasteiger partial charge in [0, 0.05) is 10.6 Å². The highest BCUT2D eigenvalue weighted by Crippen LogP contribution is 2.19. The maximum Gasteiger partial charge on any atom is 0.308 e. The van der Waals surface area contributed by atoms with Gasteiger partial charge in [0.2, 0.25) is 0 Å². The second-order valence-electron chi connectivity index (χ2n) is 6.53. The molecule has 0 saturated carbocycles. The molecule has 0 saturated heterocycles. The number of carbonyl (C=O) groups is 2. The van der Waals surface area contributed by atoms with Gasteiger partial charge in [-0.1, -0.05) is 60.1 Å². The predicted molar refractivity (Wildman–Crippen MR) is 116 cm³/mol. The summed E-state index contributed by atoms with van der Waals surface area (Å²) in [5.74, 6) is -0.0204. The highest BCUT2D eigenvalue weighted by molar-refractivity contribution is 6.30. The summed E-state index contributed by atoms with van der Waals surface area (Å²) in [4.78, 5) is 24.9. The number of ether oxygens (including phenoxy) is 2. The van der Waals surface area contributed by atoms with Gasteiger partial charge in [0.15, 0.2) is 0 Å². The molecule has 154 valence electrons. The molecule has 0 aromatic heterocycles. The van der Waals surface area contributed by atoms with Crippen molar-refractivity contribution < 1.29 is 19.1 Å². The Hall–Kier alpha value is -3.31. The lowest BCUT2D eigenvalue weighted by molar-refractivity contribution is -0.144. The first kappa shape index (κ1) is 21.4. The number of carbonyl (C=O) groups excluding carboxylic acids is 2. The van der Waals surface area contributed by atoms with E-state index < -0.39 is 12.0 Å². The summed E-state index contributed by atoms with van der Waals surface area (Å²) < 4.78 is 10.8. The van der Waals surface area contributed by atoms with Gasteiger partial charge in [-0.3, -0.25) is 9.59 Å². The zero-order chi connectivity index (χ0) is 21.2. The molecule has 0 bridgehead atoms.